The van der Waals surface area contributed by atoms with Crippen molar-refractivity contribution < 1.29 is 34.1 Å². The fourth-order valence-electron chi connectivity index (χ4n) is 5.11. The smallest absolute Gasteiger partial charge is 0 e. The van der Waals surface area contributed by atoms with E-state index >= 15 is 0 Å². The Hall–Kier alpha value is -3.05. The summed E-state index contributed by atoms with van der Waals surface area (Å²) in [4.78, 5) is 9.01. The molecule has 0 atom stereocenters. The van der Waals surface area contributed by atoms with E-state index in [0.717, 1.165) is 32.0 Å². The van der Waals surface area contributed by atoms with Gasteiger partial charge in [0.15, 0.2) is 0 Å². The number of pyridine rings is 2. The Morgan fingerprint density at radius 1 is 0.844 bits per heavy atom. The molecular weight excluding hydrogens is 789 g/mol. The third-order valence-electron chi connectivity index (χ3n) is 7.05. The van der Waals surface area contributed by atoms with Crippen molar-refractivity contribution in [3.63, 3.8) is 0 Å². The van der Waals surface area contributed by atoms with Crippen LogP contribution in [0.2, 0.25) is 17.3 Å². The van der Waals surface area contributed by atoms with Crippen LogP contribution in [0.3, 0.4) is 0 Å². The van der Waals surface area contributed by atoms with E-state index < -0.39 is 32.9 Å². The minimum atomic E-state index is -2.21. The molecule has 3 aromatic heterocycles. The van der Waals surface area contributed by atoms with E-state index in [1.54, 1.807) is 42.6 Å². The van der Waals surface area contributed by atoms with Gasteiger partial charge in [0.1, 0.15) is 5.58 Å². The van der Waals surface area contributed by atoms with Crippen molar-refractivity contribution in [3.8, 4) is 22.5 Å². The zero-order valence-electron chi connectivity index (χ0n) is 33.9. The van der Waals surface area contributed by atoms with E-state index in [-0.39, 0.29) is 37.5 Å². The summed E-state index contributed by atoms with van der Waals surface area (Å²) in [6.07, 6.45) is 0.660. The van der Waals surface area contributed by atoms with Crippen molar-refractivity contribution in [2.45, 2.75) is 64.6 Å². The first-order valence-electron chi connectivity index (χ1n) is 18.6. The number of aromatic nitrogens is 2. The van der Waals surface area contributed by atoms with Gasteiger partial charge in [-0.25, -0.2) is 0 Å². The molecule has 235 valence electrons. The maximum Gasteiger partial charge on any atom is 0 e. The first-order valence-corrected chi connectivity index (χ1v) is 22.4. The molecule has 0 bridgehead atoms. The third-order valence-corrected chi connectivity index (χ3v) is 11.3. The van der Waals surface area contributed by atoms with Crippen LogP contribution >= 0.6 is 0 Å². The summed E-state index contributed by atoms with van der Waals surface area (Å²) >= 11 is -2.20. The maximum atomic E-state index is 8.56. The summed E-state index contributed by atoms with van der Waals surface area (Å²) < 4.78 is 63.9. The van der Waals surface area contributed by atoms with Gasteiger partial charge in [-0.05, 0) is 42.5 Å². The van der Waals surface area contributed by atoms with Gasteiger partial charge in [-0.3, -0.25) is 0 Å². The first kappa shape index (κ1) is 26.1. The van der Waals surface area contributed by atoms with Crippen LogP contribution in [0.4, 0.5) is 0 Å². The van der Waals surface area contributed by atoms with Crippen LogP contribution < -0.4 is 4.40 Å². The number of hydrogen-bond donors (Lipinski definition) is 0. The minimum absolute atomic E-state index is 0. The Kier molecular flexibility index (Phi) is 8.71. The molecule has 3 nitrogen and oxygen atoms in total. The number of aryl methyl sites for hydroxylation is 1. The fourth-order valence-corrected chi connectivity index (χ4v) is 8.05. The molecule has 6 aromatic rings. The topological polar surface area (TPSA) is 38.9 Å². The summed E-state index contributed by atoms with van der Waals surface area (Å²) in [5.74, 6) is 6.58. The van der Waals surface area contributed by atoms with Crippen molar-refractivity contribution >= 4 is 39.6 Å². The molecule has 0 aliphatic rings. The van der Waals surface area contributed by atoms with Crippen molar-refractivity contribution in [1.82, 2.24) is 9.97 Å². The van der Waals surface area contributed by atoms with Crippen molar-refractivity contribution in [2.24, 2.45) is 11.8 Å². The van der Waals surface area contributed by atoms with Gasteiger partial charge >= 0.3 is 128 Å². The van der Waals surface area contributed by atoms with Crippen molar-refractivity contribution in [3.05, 3.63) is 114 Å². The molecular formula is C40H44GeIrN2O-2. The zero-order valence-corrected chi connectivity index (χ0v) is 31.4. The average Bonchev–Trinajstić information content (AvgIpc) is 3.46. The third kappa shape index (κ3) is 8.61. The largest absolute Gasteiger partial charge is 0 e. The van der Waals surface area contributed by atoms with E-state index in [2.05, 4.69) is 39.4 Å². The molecule has 45 heavy (non-hydrogen) atoms. The second-order valence-electron chi connectivity index (χ2n) is 12.6. The molecule has 0 amide bonds. The monoisotopic (exact) mass is 842 g/mol. The van der Waals surface area contributed by atoms with E-state index in [4.69, 9.17) is 14.0 Å². The molecule has 0 N–H and O–H groups in total. The Bertz CT molecular complexity index is 2160. The van der Waals surface area contributed by atoms with Crippen LogP contribution in [0.25, 0.3) is 44.5 Å². The summed E-state index contributed by atoms with van der Waals surface area (Å²) in [5, 5.41) is 1.65. The molecule has 0 saturated carbocycles. The Labute approximate surface area is 295 Å². The quantitative estimate of drug-likeness (QED) is 0.119. The van der Waals surface area contributed by atoms with Gasteiger partial charge in [0.25, 0.3) is 0 Å². The second-order valence-corrected chi connectivity index (χ2v) is 23.1. The number of benzene rings is 3. The molecule has 0 aliphatic heterocycles. The van der Waals surface area contributed by atoms with Crippen LogP contribution in [-0.4, -0.2) is 23.2 Å². The fraction of sp³-hybridized carbons (Fsp3) is 0.300. The summed E-state index contributed by atoms with van der Waals surface area (Å²) in [6, 6.07) is 28.0. The van der Waals surface area contributed by atoms with Gasteiger partial charge < -0.3 is 9.40 Å². The minimum Gasteiger partial charge on any atom is 0 e. The van der Waals surface area contributed by atoms with Gasteiger partial charge in [-0.2, -0.15) is 0 Å². The molecule has 0 spiro atoms. The van der Waals surface area contributed by atoms with Gasteiger partial charge in [0, 0.05) is 38.5 Å². The molecule has 0 fully saturated rings. The summed E-state index contributed by atoms with van der Waals surface area (Å²) in [5.41, 5.74) is 5.53. The Morgan fingerprint density at radius 3 is 2.33 bits per heavy atom. The molecule has 5 heteroatoms. The zero-order chi connectivity index (χ0) is 37.5. The standard InChI is InChI=1S/C22H20NO.C18H24GeN.Ir/c1-14(2)11-16-9-10-23-20(13-16)19-6-4-5-18-17-8-7-15(3)12-21(17)24-22(18)19;1-14(2)11-16-12-18(15-9-7-6-8-10-15)20-13-17(16)19(3,4)5;/h4-5,7-10,12-14H,11H2,1-3H3;6-9,12-14H,11H2,1-5H3;/q2*-1;/i3D3,11D2;11D2;. The van der Waals surface area contributed by atoms with Gasteiger partial charge in [-0.1, -0.05) is 48.6 Å². The van der Waals surface area contributed by atoms with Crippen LogP contribution in [0, 0.1) is 30.8 Å². The van der Waals surface area contributed by atoms with Crippen molar-refractivity contribution in [1.29, 1.82) is 0 Å². The van der Waals surface area contributed by atoms with Crippen molar-refractivity contribution in [2.75, 3.05) is 0 Å². The summed E-state index contributed by atoms with van der Waals surface area (Å²) in [6.45, 7) is 5.35. The van der Waals surface area contributed by atoms with E-state index in [1.165, 1.54) is 0 Å². The summed E-state index contributed by atoms with van der Waals surface area (Å²) in [7, 11) is 0. The molecule has 0 saturated heterocycles. The molecule has 0 unspecified atom stereocenters. The molecule has 3 heterocycles. The van der Waals surface area contributed by atoms with Gasteiger partial charge in [0.2, 0.25) is 0 Å². The first-order chi connectivity index (χ1) is 23.7. The van der Waals surface area contributed by atoms with Gasteiger partial charge in [0.05, 0.1) is 5.58 Å². The SMILES string of the molecule is [2H]C([2H])([2H])c1ccc2c(c1)oc1c(-c3cc(C([2H])([2H])C(C)C)ccn3)[c-]ccc12.[2H]C([2H])(c1cc(-c2[c-]cccc2)nc[c]1[Ge]([CH3])([CH3])[CH3])C(C)C.[Ir]. The van der Waals surface area contributed by atoms with Crippen LogP contribution in [0.1, 0.15) is 54.0 Å². The molecule has 0 aliphatic carbocycles. The average molecular weight is 841 g/mol. The van der Waals surface area contributed by atoms with Crippen LogP contribution in [0.5, 0.6) is 0 Å². The predicted octanol–water partition coefficient (Wildman–Crippen LogP) is 10.2. The van der Waals surface area contributed by atoms with E-state index in [0.29, 0.717) is 28.0 Å². The number of hydrogen-bond acceptors (Lipinski definition) is 3. The molecule has 1 radical (unpaired) electrons. The van der Waals surface area contributed by atoms with Gasteiger partial charge in [-0.15, -0.1) is 18.2 Å². The second kappa shape index (κ2) is 15.0. The maximum absolute atomic E-state index is 8.56. The van der Waals surface area contributed by atoms with E-state index in [9.17, 15) is 0 Å². The molecule has 3 aromatic carbocycles. The van der Waals surface area contributed by atoms with Crippen LogP contribution in [0.15, 0.2) is 89.6 Å². The predicted molar refractivity (Wildman–Crippen MR) is 189 cm³/mol. The number of nitrogens with zero attached hydrogens (tertiary/aromatic N) is 2. The van der Waals surface area contributed by atoms with E-state index in [1.807, 2.05) is 70.3 Å². The number of furan rings is 1. The van der Waals surface area contributed by atoms with Crippen LogP contribution in [-0.2, 0) is 32.9 Å². The normalized spacial score (nSPS) is 14.7. The number of fused-ring (bicyclic) bond motifs is 3. The number of rotatable bonds is 7. The Morgan fingerprint density at radius 2 is 1.64 bits per heavy atom. The molecule has 6 rings (SSSR count). The Balaban J connectivity index is 0.000000237.